The third kappa shape index (κ3) is 5.58. The van der Waals surface area contributed by atoms with E-state index >= 15 is 0 Å². The zero-order valence-corrected chi connectivity index (χ0v) is 19.6. The van der Waals surface area contributed by atoms with Crippen LogP contribution in [0.15, 0.2) is 23.1 Å². The molecule has 1 aromatic carbocycles. The van der Waals surface area contributed by atoms with Gasteiger partial charge in [-0.15, -0.1) is 0 Å². The highest BCUT2D eigenvalue weighted by Crippen LogP contribution is 2.50. The van der Waals surface area contributed by atoms with E-state index in [-0.39, 0.29) is 28.7 Å². The zero-order valence-electron chi connectivity index (χ0n) is 18.8. The molecular weight excluding hydrogens is 421 g/mol. The number of sulfone groups is 1. The first-order valence-electron chi connectivity index (χ1n) is 11.0. The third-order valence-corrected chi connectivity index (χ3v) is 8.54. The molecule has 31 heavy (non-hydrogen) atoms. The van der Waals surface area contributed by atoms with Gasteiger partial charge in [0.15, 0.2) is 9.84 Å². The largest absolute Gasteiger partial charge is 0.465 e. The van der Waals surface area contributed by atoms with Crippen LogP contribution < -0.4 is 0 Å². The molecule has 6 nitrogen and oxygen atoms in total. The maximum atomic E-state index is 14.2. The smallest absolute Gasteiger partial charge is 0.407 e. The van der Waals surface area contributed by atoms with Gasteiger partial charge in [-0.25, -0.2) is 17.6 Å². The van der Waals surface area contributed by atoms with Crippen LogP contribution in [0.4, 0.5) is 9.18 Å². The van der Waals surface area contributed by atoms with Crippen LogP contribution in [0.3, 0.4) is 0 Å². The van der Waals surface area contributed by atoms with Crippen molar-refractivity contribution in [1.29, 1.82) is 0 Å². The molecule has 1 saturated carbocycles. The Morgan fingerprint density at radius 2 is 2.00 bits per heavy atom. The van der Waals surface area contributed by atoms with Gasteiger partial charge in [0.1, 0.15) is 10.7 Å². The minimum absolute atomic E-state index is 0.0202. The maximum Gasteiger partial charge on any atom is 0.407 e. The Bertz CT molecular complexity index is 911. The Morgan fingerprint density at radius 1 is 1.29 bits per heavy atom. The molecule has 1 aromatic rings. The molecule has 1 N–H and O–H groups in total. The van der Waals surface area contributed by atoms with E-state index in [2.05, 4.69) is 20.8 Å². The topological polar surface area (TPSA) is 83.9 Å². The molecule has 0 spiro atoms. The van der Waals surface area contributed by atoms with Crippen molar-refractivity contribution in [2.75, 3.05) is 18.9 Å². The quantitative estimate of drug-likeness (QED) is 0.651. The molecule has 1 aliphatic carbocycles. The van der Waals surface area contributed by atoms with E-state index in [1.807, 2.05) is 0 Å². The van der Waals surface area contributed by atoms with Crippen molar-refractivity contribution >= 4 is 15.9 Å². The molecule has 1 aliphatic heterocycles. The van der Waals surface area contributed by atoms with E-state index in [4.69, 9.17) is 4.74 Å². The molecule has 0 radical (unpaired) electrons. The van der Waals surface area contributed by atoms with Crippen LogP contribution in [0.1, 0.15) is 52.5 Å². The van der Waals surface area contributed by atoms with Gasteiger partial charge < -0.3 is 14.7 Å². The highest BCUT2D eigenvalue weighted by atomic mass is 32.2. The molecule has 1 heterocycles. The lowest BCUT2D eigenvalue weighted by Gasteiger charge is -2.45. The van der Waals surface area contributed by atoms with E-state index in [0.29, 0.717) is 36.5 Å². The number of likely N-dealkylation sites (tertiary alicyclic amines) is 1. The van der Waals surface area contributed by atoms with Gasteiger partial charge in [-0.2, -0.15) is 0 Å². The summed E-state index contributed by atoms with van der Waals surface area (Å²) < 4.78 is 43.7. The van der Waals surface area contributed by atoms with Gasteiger partial charge in [0, 0.05) is 12.6 Å². The SMILES string of the molecule is CCS(=O)(=O)c1ccc(COC[C@@H]2C[C@@H]2C2CCN(C(=O)O)C(C(C)(C)C)C2)cc1F. The van der Waals surface area contributed by atoms with Crippen LogP contribution in [0.5, 0.6) is 0 Å². The van der Waals surface area contributed by atoms with E-state index < -0.39 is 21.7 Å². The average molecular weight is 456 g/mol. The number of nitrogens with zero attached hydrogens (tertiary/aromatic N) is 1. The van der Waals surface area contributed by atoms with Crippen LogP contribution in [0.2, 0.25) is 0 Å². The first kappa shape index (κ1) is 24.0. The van der Waals surface area contributed by atoms with Crippen LogP contribution in [0.25, 0.3) is 0 Å². The summed E-state index contributed by atoms with van der Waals surface area (Å²) in [7, 11) is -3.57. The minimum Gasteiger partial charge on any atom is -0.465 e. The number of amides is 1. The molecule has 2 fully saturated rings. The molecule has 4 atom stereocenters. The lowest BCUT2D eigenvalue weighted by Crippen LogP contribution is -2.51. The first-order chi connectivity index (χ1) is 14.4. The van der Waals surface area contributed by atoms with Crippen LogP contribution >= 0.6 is 0 Å². The molecule has 8 heteroatoms. The van der Waals surface area contributed by atoms with Crippen LogP contribution in [0, 0.1) is 29.0 Å². The number of hydrogen-bond donors (Lipinski definition) is 1. The van der Waals surface area contributed by atoms with E-state index in [0.717, 1.165) is 19.3 Å². The number of ether oxygens (including phenoxy) is 1. The lowest BCUT2D eigenvalue weighted by molar-refractivity contribution is 0.0326. The van der Waals surface area contributed by atoms with Crippen LogP contribution in [-0.4, -0.2) is 49.5 Å². The number of rotatable bonds is 7. The summed E-state index contributed by atoms with van der Waals surface area (Å²) in [5, 5.41) is 9.53. The van der Waals surface area contributed by atoms with Gasteiger partial charge >= 0.3 is 6.09 Å². The van der Waals surface area contributed by atoms with Crippen molar-refractivity contribution in [2.45, 2.75) is 64.5 Å². The van der Waals surface area contributed by atoms with Crippen molar-refractivity contribution < 1.29 is 27.4 Å². The number of piperidine rings is 1. The number of hydrogen-bond acceptors (Lipinski definition) is 4. The molecule has 1 saturated heterocycles. The van der Waals surface area contributed by atoms with E-state index in [9.17, 15) is 22.7 Å². The van der Waals surface area contributed by atoms with Crippen molar-refractivity contribution in [1.82, 2.24) is 4.90 Å². The van der Waals surface area contributed by atoms with Crippen molar-refractivity contribution in [3.63, 3.8) is 0 Å². The van der Waals surface area contributed by atoms with Crippen molar-refractivity contribution in [3.05, 3.63) is 29.6 Å². The summed E-state index contributed by atoms with van der Waals surface area (Å²) >= 11 is 0. The summed E-state index contributed by atoms with van der Waals surface area (Å²) in [6.07, 6.45) is 2.02. The highest BCUT2D eigenvalue weighted by molar-refractivity contribution is 7.91. The Labute approximate surface area is 184 Å². The van der Waals surface area contributed by atoms with Gasteiger partial charge in [-0.05, 0) is 60.1 Å². The number of carbonyl (C=O) groups is 1. The molecule has 0 aromatic heterocycles. The molecule has 1 amide bonds. The Hall–Kier alpha value is -1.67. The Kier molecular flexibility index (Phi) is 7.01. The molecule has 3 rings (SSSR count). The number of carboxylic acid groups (broad SMARTS) is 1. The summed E-state index contributed by atoms with van der Waals surface area (Å²) in [6, 6.07) is 4.18. The third-order valence-electron chi connectivity index (χ3n) is 6.78. The fourth-order valence-corrected chi connectivity index (χ4v) is 5.78. The summed E-state index contributed by atoms with van der Waals surface area (Å²) in [6.45, 7) is 9.19. The monoisotopic (exact) mass is 455 g/mol. The fraction of sp³-hybridized carbons (Fsp3) is 0.696. The summed E-state index contributed by atoms with van der Waals surface area (Å²) in [4.78, 5) is 12.9. The van der Waals surface area contributed by atoms with E-state index in [1.54, 1.807) is 11.0 Å². The second-order valence-electron chi connectivity index (χ2n) is 9.99. The summed E-state index contributed by atoms with van der Waals surface area (Å²) in [5.41, 5.74) is 0.520. The average Bonchev–Trinajstić information content (AvgIpc) is 3.46. The normalized spacial score (nSPS) is 26.7. The zero-order chi connectivity index (χ0) is 23.0. The second-order valence-corrected chi connectivity index (χ2v) is 12.2. The predicted octanol–water partition coefficient (Wildman–Crippen LogP) is 4.58. The highest BCUT2D eigenvalue weighted by Gasteiger charge is 2.48. The van der Waals surface area contributed by atoms with Crippen LogP contribution in [-0.2, 0) is 21.2 Å². The Balaban J connectivity index is 1.50. The molecule has 2 aliphatic rings. The predicted molar refractivity (Wildman–Crippen MR) is 116 cm³/mol. The fourth-order valence-electron chi connectivity index (χ4n) is 4.84. The van der Waals surface area contributed by atoms with Gasteiger partial charge in [0.25, 0.3) is 0 Å². The second kappa shape index (κ2) is 9.06. The number of benzene rings is 1. The molecule has 2 unspecified atom stereocenters. The molecular formula is C23H34FNO5S. The van der Waals surface area contributed by atoms with Gasteiger partial charge in [0.05, 0.1) is 19.0 Å². The van der Waals surface area contributed by atoms with E-state index in [1.165, 1.54) is 19.1 Å². The Morgan fingerprint density at radius 3 is 2.58 bits per heavy atom. The number of halogens is 1. The lowest BCUT2D eigenvalue weighted by atomic mass is 9.75. The summed E-state index contributed by atoms with van der Waals surface area (Å²) in [5.74, 6) is 0.640. The van der Waals surface area contributed by atoms with Crippen molar-refractivity contribution in [3.8, 4) is 0 Å². The molecule has 0 bridgehead atoms. The minimum atomic E-state index is -3.57. The molecule has 174 valence electrons. The maximum absolute atomic E-state index is 14.2. The van der Waals surface area contributed by atoms with Gasteiger partial charge in [0.2, 0.25) is 0 Å². The van der Waals surface area contributed by atoms with Gasteiger partial charge in [-0.3, -0.25) is 0 Å². The standard InChI is InChI=1S/C23H34FNO5S/c1-5-31(28,29)20-7-6-15(10-19(20)24)13-30-14-17-11-18(17)16-8-9-25(22(26)27)21(12-16)23(2,3)4/h6-7,10,16-18,21H,5,8-9,11-14H2,1-4H3,(H,26,27)/t16?,17-,18+,21?/m0/s1. The van der Waals surface area contributed by atoms with Gasteiger partial charge in [-0.1, -0.05) is 33.8 Å². The van der Waals surface area contributed by atoms with Crippen molar-refractivity contribution in [2.24, 2.45) is 23.2 Å². The first-order valence-corrected chi connectivity index (χ1v) is 12.7.